The van der Waals surface area contributed by atoms with Crippen molar-refractivity contribution in [3.63, 3.8) is 0 Å². The average Bonchev–Trinajstić information content (AvgIpc) is 2.96. The number of H-pyrrole nitrogens is 1. The van der Waals surface area contributed by atoms with E-state index >= 15 is 0 Å². The molecule has 2 N–H and O–H groups in total. The van der Waals surface area contributed by atoms with Gasteiger partial charge in [-0.3, -0.25) is 5.10 Å². The second-order valence-electron chi connectivity index (χ2n) is 5.70. The maximum atomic E-state index is 6.19. The molecule has 6 heteroatoms. The van der Waals surface area contributed by atoms with Crippen molar-refractivity contribution >= 4 is 17.0 Å². The fourth-order valence-corrected chi connectivity index (χ4v) is 3.01. The molecule has 1 fully saturated rings. The normalized spacial score (nSPS) is 22.4. The van der Waals surface area contributed by atoms with Crippen LogP contribution in [0.5, 0.6) is 5.88 Å². The molecule has 0 radical (unpaired) electrons. The van der Waals surface area contributed by atoms with E-state index < -0.39 is 0 Å². The third kappa shape index (κ3) is 3.09. The Morgan fingerprint density at radius 2 is 2.24 bits per heavy atom. The quantitative estimate of drug-likeness (QED) is 0.884. The highest BCUT2D eigenvalue weighted by Gasteiger charge is 2.23. The van der Waals surface area contributed by atoms with E-state index in [9.17, 15) is 0 Å². The van der Waals surface area contributed by atoms with Crippen molar-refractivity contribution in [1.29, 1.82) is 0 Å². The predicted molar refractivity (Wildman–Crippen MR) is 82.5 cm³/mol. The fourth-order valence-electron chi connectivity index (χ4n) is 3.01. The van der Waals surface area contributed by atoms with Crippen LogP contribution < -0.4 is 10.1 Å². The van der Waals surface area contributed by atoms with Crippen LogP contribution in [0.2, 0.25) is 0 Å². The predicted octanol–water partition coefficient (Wildman–Crippen LogP) is 3.13. The van der Waals surface area contributed by atoms with Gasteiger partial charge in [0.1, 0.15) is 11.5 Å². The summed E-state index contributed by atoms with van der Waals surface area (Å²) in [6.07, 6.45) is 8.01. The Morgan fingerprint density at radius 3 is 3.05 bits per heavy atom. The van der Waals surface area contributed by atoms with Gasteiger partial charge in [0.15, 0.2) is 5.65 Å². The number of fused-ring (bicyclic) bond motifs is 1. The number of hydrogen-bond donors (Lipinski definition) is 2. The summed E-state index contributed by atoms with van der Waals surface area (Å²) in [4.78, 5) is 8.89. The molecule has 0 aliphatic heterocycles. The van der Waals surface area contributed by atoms with Gasteiger partial charge in [0, 0.05) is 6.54 Å². The lowest BCUT2D eigenvalue weighted by atomic mass is 9.85. The molecule has 2 heterocycles. The Balaban J connectivity index is 1.83. The highest BCUT2D eigenvalue weighted by molar-refractivity contribution is 5.80. The molecular weight excluding hydrogens is 266 g/mol. The summed E-state index contributed by atoms with van der Waals surface area (Å²) in [6.45, 7) is 5.06. The molecule has 2 unspecified atom stereocenters. The summed E-state index contributed by atoms with van der Waals surface area (Å²) >= 11 is 0. The van der Waals surface area contributed by atoms with E-state index in [0.717, 1.165) is 36.3 Å². The molecule has 3 rings (SSSR count). The standard InChI is InChI=1S/C15H23N5O/c1-3-10-6-5-7-11(8-10)21-14-12-9-17-20-13(12)18-15(19-14)16-4-2/h9-11H,3-8H2,1-2H3,(H2,16,17,18,19,20). The van der Waals surface area contributed by atoms with E-state index in [1.165, 1.54) is 19.3 Å². The first-order valence-electron chi connectivity index (χ1n) is 7.91. The molecule has 0 spiro atoms. The number of rotatable bonds is 5. The molecule has 1 saturated carbocycles. The molecule has 21 heavy (non-hydrogen) atoms. The first-order chi connectivity index (χ1) is 10.3. The second kappa shape index (κ2) is 6.28. The van der Waals surface area contributed by atoms with Gasteiger partial charge in [-0.05, 0) is 32.1 Å². The largest absolute Gasteiger partial charge is 0.474 e. The lowest BCUT2D eigenvalue weighted by Gasteiger charge is -2.28. The smallest absolute Gasteiger partial charge is 0.229 e. The molecule has 2 aromatic heterocycles. The number of aromatic amines is 1. The van der Waals surface area contributed by atoms with Gasteiger partial charge in [-0.1, -0.05) is 19.8 Å². The number of aromatic nitrogens is 4. The van der Waals surface area contributed by atoms with Crippen LogP contribution in [0.15, 0.2) is 6.20 Å². The Labute approximate surface area is 124 Å². The maximum Gasteiger partial charge on any atom is 0.229 e. The van der Waals surface area contributed by atoms with Crippen LogP contribution in [0.1, 0.15) is 46.0 Å². The summed E-state index contributed by atoms with van der Waals surface area (Å²) in [5.41, 5.74) is 0.721. The van der Waals surface area contributed by atoms with Crippen LogP contribution in [0.4, 0.5) is 5.95 Å². The first-order valence-corrected chi connectivity index (χ1v) is 7.91. The minimum Gasteiger partial charge on any atom is -0.474 e. The van der Waals surface area contributed by atoms with Gasteiger partial charge in [-0.25, -0.2) is 0 Å². The van der Waals surface area contributed by atoms with E-state index in [1.807, 2.05) is 6.92 Å². The molecule has 2 aromatic rings. The zero-order valence-electron chi connectivity index (χ0n) is 12.7. The molecule has 0 saturated heterocycles. The van der Waals surface area contributed by atoms with E-state index in [4.69, 9.17) is 4.74 Å². The van der Waals surface area contributed by atoms with E-state index in [-0.39, 0.29) is 6.10 Å². The molecule has 0 aromatic carbocycles. The van der Waals surface area contributed by atoms with Crippen LogP contribution in [-0.4, -0.2) is 32.8 Å². The summed E-state index contributed by atoms with van der Waals surface area (Å²) in [5, 5.41) is 10.9. The van der Waals surface area contributed by atoms with Crippen LogP contribution in [0, 0.1) is 5.92 Å². The van der Waals surface area contributed by atoms with E-state index in [2.05, 4.69) is 32.4 Å². The number of hydrogen-bond acceptors (Lipinski definition) is 5. The van der Waals surface area contributed by atoms with Crippen molar-refractivity contribution in [2.75, 3.05) is 11.9 Å². The zero-order valence-corrected chi connectivity index (χ0v) is 12.7. The molecule has 114 valence electrons. The average molecular weight is 289 g/mol. The zero-order chi connectivity index (χ0) is 14.7. The summed E-state index contributed by atoms with van der Waals surface area (Å²) in [6, 6.07) is 0. The van der Waals surface area contributed by atoms with Gasteiger partial charge < -0.3 is 10.1 Å². The Hall–Kier alpha value is -1.85. The van der Waals surface area contributed by atoms with Crippen molar-refractivity contribution in [1.82, 2.24) is 20.2 Å². The van der Waals surface area contributed by atoms with Gasteiger partial charge in [0.25, 0.3) is 0 Å². The number of ether oxygens (including phenoxy) is 1. The van der Waals surface area contributed by atoms with Crippen LogP contribution in [-0.2, 0) is 0 Å². The van der Waals surface area contributed by atoms with Gasteiger partial charge in [-0.2, -0.15) is 15.1 Å². The molecule has 6 nitrogen and oxygen atoms in total. The summed E-state index contributed by atoms with van der Waals surface area (Å²) < 4.78 is 6.19. The Bertz CT molecular complexity index is 597. The molecule has 0 amide bonds. The molecule has 1 aliphatic rings. The monoisotopic (exact) mass is 289 g/mol. The third-order valence-corrected chi connectivity index (χ3v) is 4.20. The minimum atomic E-state index is 0.256. The number of nitrogens with one attached hydrogen (secondary N) is 2. The maximum absolute atomic E-state index is 6.19. The second-order valence-corrected chi connectivity index (χ2v) is 5.70. The van der Waals surface area contributed by atoms with Gasteiger partial charge in [0.05, 0.1) is 6.20 Å². The van der Waals surface area contributed by atoms with Gasteiger partial charge in [-0.15, -0.1) is 0 Å². The van der Waals surface area contributed by atoms with Crippen molar-refractivity contribution in [2.45, 2.75) is 52.1 Å². The lowest BCUT2D eigenvalue weighted by molar-refractivity contribution is 0.119. The Kier molecular flexibility index (Phi) is 4.22. The van der Waals surface area contributed by atoms with Crippen LogP contribution in [0.3, 0.4) is 0 Å². The fraction of sp³-hybridized carbons (Fsp3) is 0.667. The first kappa shape index (κ1) is 14.1. The van der Waals surface area contributed by atoms with Crippen molar-refractivity contribution in [2.24, 2.45) is 5.92 Å². The molecular formula is C15H23N5O. The van der Waals surface area contributed by atoms with Crippen molar-refractivity contribution < 1.29 is 4.74 Å². The van der Waals surface area contributed by atoms with Gasteiger partial charge >= 0.3 is 0 Å². The third-order valence-electron chi connectivity index (χ3n) is 4.20. The molecule has 1 aliphatic carbocycles. The topological polar surface area (TPSA) is 75.7 Å². The number of anilines is 1. The Morgan fingerprint density at radius 1 is 1.33 bits per heavy atom. The van der Waals surface area contributed by atoms with Crippen LogP contribution in [0.25, 0.3) is 11.0 Å². The minimum absolute atomic E-state index is 0.256. The molecule has 0 bridgehead atoms. The summed E-state index contributed by atoms with van der Waals surface area (Å²) in [7, 11) is 0. The van der Waals surface area contributed by atoms with Crippen molar-refractivity contribution in [3.8, 4) is 5.88 Å². The van der Waals surface area contributed by atoms with Crippen LogP contribution >= 0.6 is 0 Å². The SMILES string of the molecule is CCNc1nc(OC2CCCC(CC)C2)c2cn[nH]c2n1. The van der Waals surface area contributed by atoms with Crippen molar-refractivity contribution in [3.05, 3.63) is 6.20 Å². The van der Waals surface area contributed by atoms with E-state index in [0.29, 0.717) is 11.8 Å². The van der Waals surface area contributed by atoms with E-state index in [1.54, 1.807) is 6.20 Å². The van der Waals surface area contributed by atoms with Gasteiger partial charge in [0.2, 0.25) is 11.8 Å². The highest BCUT2D eigenvalue weighted by Crippen LogP contribution is 2.31. The number of nitrogens with zero attached hydrogens (tertiary/aromatic N) is 3. The highest BCUT2D eigenvalue weighted by atomic mass is 16.5. The molecule has 2 atom stereocenters. The summed E-state index contributed by atoms with van der Waals surface area (Å²) in [5.74, 6) is 2.01. The lowest BCUT2D eigenvalue weighted by Crippen LogP contribution is -2.25.